The molecule has 1 fully saturated rings. The van der Waals surface area contributed by atoms with E-state index in [1.807, 2.05) is 13.8 Å². The van der Waals surface area contributed by atoms with E-state index in [0.29, 0.717) is 30.4 Å². The van der Waals surface area contributed by atoms with Crippen LogP contribution in [0.3, 0.4) is 0 Å². The lowest BCUT2D eigenvalue weighted by atomic mass is 9.88. The van der Waals surface area contributed by atoms with Gasteiger partial charge in [0.1, 0.15) is 11.9 Å². The smallest absolute Gasteiger partial charge is 0.415 e. The summed E-state index contributed by atoms with van der Waals surface area (Å²) in [5.41, 5.74) is -0.327. The molecule has 2 aliphatic rings. The number of pyridine rings is 1. The Morgan fingerprint density at radius 3 is 2.96 bits per heavy atom. The first-order valence-electron chi connectivity index (χ1n) is 7.41. The number of aliphatic hydroxyl groups excluding tert-OH is 1. The first kappa shape index (κ1) is 15.5. The number of nitrogens with zero attached hydrogens (tertiary/aromatic N) is 2. The number of carbonyl (C=O) groups excluding carboxylic acids is 2. The third-order valence-electron chi connectivity index (χ3n) is 3.82. The van der Waals surface area contributed by atoms with E-state index in [2.05, 4.69) is 10.3 Å². The van der Waals surface area contributed by atoms with Gasteiger partial charge in [0.05, 0.1) is 6.54 Å². The zero-order chi connectivity index (χ0) is 16.6. The fourth-order valence-electron chi connectivity index (χ4n) is 2.60. The first-order chi connectivity index (χ1) is 10.9. The Balaban J connectivity index is 1.76. The van der Waals surface area contributed by atoms with Crippen LogP contribution in [-0.4, -0.2) is 48.0 Å². The van der Waals surface area contributed by atoms with Gasteiger partial charge >= 0.3 is 6.09 Å². The molecule has 0 aliphatic carbocycles. The maximum Gasteiger partial charge on any atom is 0.415 e. The fourth-order valence-corrected chi connectivity index (χ4v) is 2.60. The first-order valence-corrected chi connectivity index (χ1v) is 7.41. The summed E-state index contributed by atoms with van der Waals surface area (Å²) in [6.07, 6.45) is -0.246. The molecule has 0 aromatic carbocycles. The highest BCUT2D eigenvalue weighted by Gasteiger charge is 2.37. The Morgan fingerprint density at radius 2 is 2.22 bits per heavy atom. The number of fused-ring (bicyclic) bond motifs is 1. The molecule has 1 atom stereocenters. The molecule has 0 saturated carbocycles. The van der Waals surface area contributed by atoms with Gasteiger partial charge < -0.3 is 19.9 Å². The van der Waals surface area contributed by atoms with Crippen molar-refractivity contribution < 1.29 is 24.2 Å². The number of ether oxygens (including phenoxy) is 2. The van der Waals surface area contributed by atoms with Gasteiger partial charge in [0.2, 0.25) is 0 Å². The molecule has 23 heavy (non-hydrogen) atoms. The molecule has 0 bridgehead atoms. The summed E-state index contributed by atoms with van der Waals surface area (Å²) in [6, 6.07) is 3.31. The van der Waals surface area contributed by atoms with Crippen LogP contribution < -0.4 is 15.0 Å². The molecule has 2 aliphatic heterocycles. The van der Waals surface area contributed by atoms with Crippen molar-refractivity contribution in [3.63, 3.8) is 0 Å². The number of aromatic nitrogens is 1. The number of amides is 2. The SMILES string of the molecule is CC(C)(CO)CC1CN(c2ccc3c(n2)NC(=O)CO3)C(=O)O1. The Hall–Kier alpha value is -2.35. The summed E-state index contributed by atoms with van der Waals surface area (Å²) in [5.74, 6) is 0.877. The molecule has 0 radical (unpaired) electrons. The second-order valence-electron chi connectivity index (χ2n) is 6.50. The van der Waals surface area contributed by atoms with Crippen LogP contribution in [0.1, 0.15) is 20.3 Å². The molecule has 0 spiro atoms. The topological polar surface area (TPSA) is 101 Å². The number of rotatable bonds is 4. The number of hydrogen-bond acceptors (Lipinski definition) is 6. The highest BCUT2D eigenvalue weighted by molar-refractivity contribution is 5.95. The molecule has 1 aromatic rings. The second kappa shape index (κ2) is 5.69. The normalized spacial score (nSPS) is 20.7. The second-order valence-corrected chi connectivity index (χ2v) is 6.50. The highest BCUT2D eigenvalue weighted by Crippen LogP contribution is 2.32. The van der Waals surface area contributed by atoms with Crippen molar-refractivity contribution in [2.24, 2.45) is 5.41 Å². The van der Waals surface area contributed by atoms with Crippen molar-refractivity contribution in [3.05, 3.63) is 12.1 Å². The third-order valence-corrected chi connectivity index (χ3v) is 3.82. The van der Waals surface area contributed by atoms with Gasteiger partial charge in [-0.1, -0.05) is 13.8 Å². The Kier molecular flexibility index (Phi) is 3.85. The maximum atomic E-state index is 12.1. The van der Waals surface area contributed by atoms with Crippen molar-refractivity contribution >= 4 is 23.6 Å². The van der Waals surface area contributed by atoms with Crippen LogP contribution in [0.4, 0.5) is 16.4 Å². The number of anilines is 2. The number of cyclic esters (lactones) is 1. The van der Waals surface area contributed by atoms with Crippen molar-refractivity contribution in [1.29, 1.82) is 0 Å². The van der Waals surface area contributed by atoms with E-state index in [1.54, 1.807) is 12.1 Å². The van der Waals surface area contributed by atoms with E-state index < -0.39 is 6.09 Å². The Bertz CT molecular complexity index is 646. The molecule has 1 aromatic heterocycles. The van der Waals surface area contributed by atoms with Gasteiger partial charge in [-0.05, 0) is 24.0 Å². The van der Waals surface area contributed by atoms with Crippen molar-refractivity contribution in [3.8, 4) is 5.75 Å². The molecule has 2 N–H and O–H groups in total. The van der Waals surface area contributed by atoms with Gasteiger partial charge in [0.25, 0.3) is 5.91 Å². The number of aliphatic hydroxyl groups is 1. The number of hydrogen-bond donors (Lipinski definition) is 2. The van der Waals surface area contributed by atoms with E-state index in [1.165, 1.54) is 4.90 Å². The van der Waals surface area contributed by atoms with Crippen LogP contribution in [0.5, 0.6) is 5.75 Å². The van der Waals surface area contributed by atoms with Crippen LogP contribution in [0.2, 0.25) is 0 Å². The molecule has 1 unspecified atom stereocenters. The molecule has 8 nitrogen and oxygen atoms in total. The van der Waals surface area contributed by atoms with E-state index >= 15 is 0 Å². The minimum atomic E-state index is -0.487. The minimum absolute atomic E-state index is 0.0154. The Morgan fingerprint density at radius 1 is 1.43 bits per heavy atom. The molecular weight excluding hydrogens is 302 g/mol. The number of nitrogens with one attached hydrogen (secondary N) is 1. The number of carbonyl (C=O) groups is 2. The van der Waals surface area contributed by atoms with Crippen LogP contribution in [-0.2, 0) is 9.53 Å². The summed E-state index contributed by atoms with van der Waals surface area (Å²) in [7, 11) is 0. The summed E-state index contributed by atoms with van der Waals surface area (Å²) < 4.78 is 10.6. The van der Waals surface area contributed by atoms with Gasteiger partial charge in [-0.15, -0.1) is 0 Å². The molecular formula is C15H19N3O5. The summed E-state index contributed by atoms with van der Waals surface area (Å²) >= 11 is 0. The maximum absolute atomic E-state index is 12.1. The van der Waals surface area contributed by atoms with Gasteiger partial charge in [-0.25, -0.2) is 9.78 Å². The van der Waals surface area contributed by atoms with Crippen LogP contribution in [0, 0.1) is 5.41 Å². The largest absolute Gasteiger partial charge is 0.480 e. The molecule has 1 saturated heterocycles. The van der Waals surface area contributed by atoms with Gasteiger partial charge in [-0.2, -0.15) is 0 Å². The molecule has 3 heterocycles. The average molecular weight is 321 g/mol. The molecule has 8 heteroatoms. The predicted octanol–water partition coefficient (Wildman–Crippen LogP) is 1.15. The van der Waals surface area contributed by atoms with Gasteiger partial charge in [0.15, 0.2) is 18.2 Å². The zero-order valence-electron chi connectivity index (χ0n) is 13.0. The molecule has 124 valence electrons. The summed E-state index contributed by atoms with van der Waals surface area (Å²) in [6.45, 7) is 4.14. The van der Waals surface area contributed by atoms with E-state index in [9.17, 15) is 14.7 Å². The molecule has 2 amide bonds. The average Bonchev–Trinajstić information content (AvgIpc) is 2.86. The van der Waals surface area contributed by atoms with Crippen LogP contribution in [0.15, 0.2) is 12.1 Å². The van der Waals surface area contributed by atoms with E-state index in [-0.39, 0.29) is 30.6 Å². The van der Waals surface area contributed by atoms with Crippen molar-refractivity contribution in [2.45, 2.75) is 26.4 Å². The standard InChI is InChI=1S/C15H19N3O5/c1-15(2,8-19)5-9-6-18(14(21)23-9)11-4-3-10-13(16-11)17-12(20)7-22-10/h3-4,9,19H,5-8H2,1-2H3,(H,16,17,20). The predicted molar refractivity (Wildman–Crippen MR) is 81.5 cm³/mol. The quantitative estimate of drug-likeness (QED) is 0.862. The lowest BCUT2D eigenvalue weighted by molar-refractivity contribution is -0.118. The zero-order valence-corrected chi connectivity index (χ0v) is 13.0. The summed E-state index contributed by atoms with van der Waals surface area (Å²) in [5, 5.41) is 12.0. The third kappa shape index (κ3) is 3.21. The Labute approximate surface area is 133 Å². The van der Waals surface area contributed by atoms with Gasteiger partial charge in [-0.3, -0.25) is 9.69 Å². The monoisotopic (exact) mass is 321 g/mol. The lowest BCUT2D eigenvalue weighted by Crippen LogP contribution is -2.30. The van der Waals surface area contributed by atoms with E-state index in [0.717, 1.165) is 0 Å². The van der Waals surface area contributed by atoms with Crippen molar-refractivity contribution in [2.75, 3.05) is 30.0 Å². The highest BCUT2D eigenvalue weighted by atomic mass is 16.6. The summed E-state index contributed by atoms with van der Waals surface area (Å²) in [4.78, 5) is 29.1. The fraction of sp³-hybridized carbons (Fsp3) is 0.533. The molecule has 3 rings (SSSR count). The van der Waals surface area contributed by atoms with Crippen molar-refractivity contribution in [1.82, 2.24) is 4.98 Å². The minimum Gasteiger partial charge on any atom is -0.480 e. The van der Waals surface area contributed by atoms with Crippen LogP contribution in [0.25, 0.3) is 0 Å². The van der Waals surface area contributed by atoms with Crippen LogP contribution >= 0.6 is 0 Å². The van der Waals surface area contributed by atoms with E-state index in [4.69, 9.17) is 9.47 Å². The van der Waals surface area contributed by atoms with Gasteiger partial charge in [0, 0.05) is 6.61 Å². The lowest BCUT2D eigenvalue weighted by Gasteiger charge is -2.24.